The van der Waals surface area contributed by atoms with Crippen LogP contribution in [-0.4, -0.2) is 47.0 Å². The van der Waals surface area contributed by atoms with Crippen LogP contribution in [-0.2, 0) is 14.3 Å². The van der Waals surface area contributed by atoms with Crippen molar-refractivity contribution in [3.8, 4) is 0 Å². The quantitative estimate of drug-likeness (QED) is 0.226. The van der Waals surface area contributed by atoms with Crippen LogP contribution >= 0.6 is 0 Å². The number of hydrogen-bond acceptors (Lipinski definition) is 4. The van der Waals surface area contributed by atoms with E-state index in [0.29, 0.717) is 13.0 Å². The van der Waals surface area contributed by atoms with E-state index in [1.54, 1.807) is 25.7 Å². The zero-order valence-corrected chi connectivity index (χ0v) is 27.1. The lowest BCUT2D eigenvalue weighted by Gasteiger charge is -2.37. The first-order chi connectivity index (χ1) is 19.3. The summed E-state index contributed by atoms with van der Waals surface area (Å²) in [5.74, 6) is -0.210. The smallest absolute Gasteiger partial charge is 0.408 e. The Balaban J connectivity index is 2.51. The lowest BCUT2D eigenvalue weighted by atomic mass is 9.92. The Hall–Kier alpha value is -2.57. The number of amides is 3. The highest BCUT2D eigenvalue weighted by Crippen LogP contribution is 2.29. The number of aryl methyl sites for hydroxylation is 1. The number of ether oxygens (including phenoxy) is 1. The van der Waals surface area contributed by atoms with Gasteiger partial charge in [-0.25, -0.2) is 4.79 Å². The third kappa shape index (κ3) is 11.7. The number of alkyl carbamates (subject to hydrolysis) is 1. The predicted octanol–water partition coefficient (Wildman–Crippen LogP) is 7.53. The number of nitrogens with zero attached hydrogens (tertiary/aromatic N) is 1. The van der Waals surface area contributed by atoms with Crippen molar-refractivity contribution >= 4 is 17.9 Å². The Morgan fingerprint density at radius 2 is 1.66 bits per heavy atom. The standard InChI is InChI=1S/C34H57N3O4/c1-9-10-11-12-16-22-37(32(39)29(23-24(2)3)36-33(40)41-34(6,7)8)30(28-21-17-18-25(4)26(28)5)31(38)35-27-19-14-13-15-20-27/h17-18,21,24,27,29-30H,9-16,19-20,22-23H2,1-8H3,(H,35,38)(H,36,40). The van der Waals surface area contributed by atoms with E-state index in [-0.39, 0.29) is 23.8 Å². The largest absolute Gasteiger partial charge is 0.444 e. The maximum Gasteiger partial charge on any atom is 0.408 e. The average Bonchev–Trinajstić information content (AvgIpc) is 2.88. The third-order valence-corrected chi connectivity index (χ3v) is 7.93. The van der Waals surface area contributed by atoms with Gasteiger partial charge in [-0.1, -0.05) is 83.9 Å². The molecule has 3 amide bonds. The van der Waals surface area contributed by atoms with Crippen LogP contribution in [0.1, 0.15) is 135 Å². The molecule has 1 saturated carbocycles. The summed E-state index contributed by atoms with van der Waals surface area (Å²) < 4.78 is 5.53. The molecule has 41 heavy (non-hydrogen) atoms. The maximum atomic E-state index is 14.5. The summed E-state index contributed by atoms with van der Waals surface area (Å²) in [6.45, 7) is 16.2. The SMILES string of the molecule is CCCCCCCN(C(=O)C(CC(C)C)NC(=O)OC(C)(C)C)C(C(=O)NC1CCCCC1)c1cccc(C)c1C. The zero-order valence-electron chi connectivity index (χ0n) is 27.1. The molecular weight excluding hydrogens is 514 g/mol. The van der Waals surface area contributed by atoms with Crippen molar-refractivity contribution in [2.45, 2.75) is 150 Å². The summed E-state index contributed by atoms with van der Waals surface area (Å²) in [5.41, 5.74) is 2.26. The van der Waals surface area contributed by atoms with Crippen molar-refractivity contribution in [2.24, 2.45) is 5.92 Å². The van der Waals surface area contributed by atoms with Gasteiger partial charge in [0.1, 0.15) is 17.7 Å². The van der Waals surface area contributed by atoms with Gasteiger partial charge in [0.05, 0.1) is 0 Å². The van der Waals surface area contributed by atoms with E-state index in [9.17, 15) is 14.4 Å². The number of hydrogen-bond donors (Lipinski definition) is 2. The van der Waals surface area contributed by atoms with Crippen LogP contribution in [0, 0.1) is 19.8 Å². The van der Waals surface area contributed by atoms with E-state index in [4.69, 9.17) is 4.74 Å². The molecule has 1 aromatic carbocycles. The highest BCUT2D eigenvalue weighted by atomic mass is 16.6. The lowest BCUT2D eigenvalue weighted by Crippen LogP contribution is -2.54. The molecule has 7 nitrogen and oxygen atoms in total. The topological polar surface area (TPSA) is 87.7 Å². The fraction of sp³-hybridized carbons (Fsp3) is 0.735. The molecule has 2 rings (SSSR count). The van der Waals surface area contributed by atoms with Gasteiger partial charge >= 0.3 is 6.09 Å². The monoisotopic (exact) mass is 571 g/mol. The molecule has 0 aromatic heterocycles. The average molecular weight is 572 g/mol. The number of carbonyl (C=O) groups excluding carboxylic acids is 3. The Kier molecular flexibility index (Phi) is 14.2. The summed E-state index contributed by atoms with van der Waals surface area (Å²) in [6.07, 6.45) is 10.3. The maximum absolute atomic E-state index is 14.5. The molecule has 1 aromatic rings. The fourth-order valence-electron chi connectivity index (χ4n) is 5.64. The molecule has 2 atom stereocenters. The number of rotatable bonds is 14. The molecule has 1 fully saturated rings. The van der Waals surface area contributed by atoms with Gasteiger partial charge in [0.2, 0.25) is 11.8 Å². The van der Waals surface area contributed by atoms with Gasteiger partial charge in [0, 0.05) is 12.6 Å². The minimum atomic E-state index is -0.796. The van der Waals surface area contributed by atoms with Crippen molar-refractivity contribution in [1.29, 1.82) is 0 Å². The van der Waals surface area contributed by atoms with Crippen LogP contribution in [0.3, 0.4) is 0 Å². The molecule has 0 radical (unpaired) electrons. The first-order valence-corrected chi connectivity index (χ1v) is 16.0. The highest BCUT2D eigenvalue weighted by molar-refractivity contribution is 5.92. The molecule has 0 aliphatic heterocycles. The molecule has 232 valence electrons. The van der Waals surface area contributed by atoms with E-state index in [1.807, 2.05) is 45.9 Å². The second-order valence-electron chi connectivity index (χ2n) is 13.3. The predicted molar refractivity (Wildman–Crippen MR) is 167 cm³/mol. The van der Waals surface area contributed by atoms with Crippen molar-refractivity contribution in [2.75, 3.05) is 6.54 Å². The summed E-state index contributed by atoms with van der Waals surface area (Å²) in [4.78, 5) is 43.3. The zero-order chi connectivity index (χ0) is 30.6. The molecule has 2 N–H and O–H groups in total. The van der Waals surface area contributed by atoms with Crippen LogP contribution in [0.2, 0.25) is 0 Å². The number of carbonyl (C=O) groups is 3. The molecule has 0 bridgehead atoms. The van der Waals surface area contributed by atoms with Gasteiger partial charge in [-0.15, -0.1) is 0 Å². The van der Waals surface area contributed by atoms with Gasteiger partial charge in [-0.3, -0.25) is 9.59 Å². The number of nitrogens with one attached hydrogen (secondary N) is 2. The fourth-order valence-corrected chi connectivity index (χ4v) is 5.64. The first-order valence-electron chi connectivity index (χ1n) is 16.0. The van der Waals surface area contributed by atoms with E-state index in [0.717, 1.165) is 74.5 Å². The third-order valence-electron chi connectivity index (χ3n) is 7.93. The summed E-state index contributed by atoms with van der Waals surface area (Å²) >= 11 is 0. The second-order valence-corrected chi connectivity index (χ2v) is 13.3. The lowest BCUT2D eigenvalue weighted by molar-refractivity contribution is -0.143. The molecule has 0 spiro atoms. The van der Waals surface area contributed by atoms with Crippen LogP contribution in [0.5, 0.6) is 0 Å². The van der Waals surface area contributed by atoms with Gasteiger partial charge in [-0.2, -0.15) is 0 Å². The Morgan fingerprint density at radius 1 is 1.00 bits per heavy atom. The summed E-state index contributed by atoms with van der Waals surface area (Å²) in [5, 5.41) is 6.18. The molecule has 7 heteroatoms. The molecular formula is C34H57N3O4. The number of benzene rings is 1. The van der Waals surface area contributed by atoms with Crippen molar-refractivity contribution in [1.82, 2.24) is 15.5 Å². The molecule has 0 saturated heterocycles. The van der Waals surface area contributed by atoms with Crippen molar-refractivity contribution in [3.05, 3.63) is 34.9 Å². The van der Waals surface area contributed by atoms with E-state index >= 15 is 0 Å². The van der Waals surface area contributed by atoms with Crippen molar-refractivity contribution < 1.29 is 19.1 Å². The van der Waals surface area contributed by atoms with E-state index in [2.05, 4.69) is 17.6 Å². The Morgan fingerprint density at radius 3 is 2.27 bits per heavy atom. The van der Waals surface area contributed by atoms with Crippen LogP contribution in [0.4, 0.5) is 4.79 Å². The molecule has 2 unspecified atom stereocenters. The van der Waals surface area contributed by atoms with Crippen LogP contribution in [0.15, 0.2) is 18.2 Å². The number of unbranched alkanes of at least 4 members (excludes halogenated alkanes) is 4. The molecule has 1 aliphatic rings. The minimum absolute atomic E-state index is 0.122. The first kappa shape index (κ1) is 34.6. The Labute approximate surface area is 249 Å². The van der Waals surface area contributed by atoms with Crippen LogP contribution in [0.25, 0.3) is 0 Å². The van der Waals surface area contributed by atoms with Gasteiger partial charge in [-0.05, 0) is 82.9 Å². The summed E-state index contributed by atoms with van der Waals surface area (Å²) in [7, 11) is 0. The highest BCUT2D eigenvalue weighted by Gasteiger charge is 2.37. The van der Waals surface area contributed by atoms with Crippen LogP contribution < -0.4 is 10.6 Å². The Bertz CT molecular complexity index is 979. The van der Waals surface area contributed by atoms with Gasteiger partial charge in [0.15, 0.2) is 0 Å². The normalized spacial score (nSPS) is 15.7. The van der Waals surface area contributed by atoms with Gasteiger partial charge in [0.25, 0.3) is 0 Å². The molecule has 1 aliphatic carbocycles. The second kappa shape index (κ2) is 16.8. The van der Waals surface area contributed by atoms with E-state index in [1.165, 1.54) is 6.42 Å². The molecule has 0 heterocycles. The van der Waals surface area contributed by atoms with Crippen molar-refractivity contribution in [3.63, 3.8) is 0 Å². The van der Waals surface area contributed by atoms with E-state index < -0.39 is 23.8 Å². The summed E-state index contributed by atoms with van der Waals surface area (Å²) in [6, 6.07) is 4.53. The van der Waals surface area contributed by atoms with Gasteiger partial charge < -0.3 is 20.3 Å². The minimum Gasteiger partial charge on any atom is -0.444 e.